The van der Waals surface area contributed by atoms with E-state index in [0.29, 0.717) is 32.4 Å². The van der Waals surface area contributed by atoms with Crippen LogP contribution in [0.5, 0.6) is 6.01 Å². The van der Waals surface area contributed by atoms with Crippen molar-refractivity contribution in [1.82, 2.24) is 14.9 Å². The van der Waals surface area contributed by atoms with Crippen molar-refractivity contribution in [2.24, 2.45) is 0 Å². The normalized spacial score (nSPS) is 27.9. The topological polar surface area (TPSA) is 122 Å². The molecule has 46 heavy (non-hydrogen) atoms. The minimum Gasteiger partial charge on any atom is -0.461 e. The fourth-order valence-corrected chi connectivity index (χ4v) is 9.51. The minimum atomic E-state index is -5.08. The highest BCUT2D eigenvalue weighted by Gasteiger charge is 2.49. The Kier molecular flexibility index (Phi) is 8.03. The third-order valence-corrected chi connectivity index (χ3v) is 11.7. The van der Waals surface area contributed by atoms with E-state index in [-0.39, 0.29) is 54.8 Å². The maximum Gasteiger partial charge on any atom is 0.417 e. The van der Waals surface area contributed by atoms with Gasteiger partial charge in [-0.3, -0.25) is 4.90 Å². The molecular formula is C30H35F6N5O4S. The van der Waals surface area contributed by atoms with Gasteiger partial charge in [0.25, 0.3) is 6.08 Å². The number of sulfone groups is 1. The van der Waals surface area contributed by atoms with Gasteiger partial charge in [-0.2, -0.15) is 31.9 Å². The summed E-state index contributed by atoms with van der Waals surface area (Å²) in [5.41, 5.74) is 0.563. The first-order valence-corrected chi connectivity index (χ1v) is 16.8. The van der Waals surface area contributed by atoms with Crippen LogP contribution in [0.2, 0.25) is 0 Å². The Labute approximate surface area is 262 Å². The fraction of sp³-hybridized carbons (Fsp3) is 0.600. The highest BCUT2D eigenvalue weighted by Crippen LogP contribution is 2.47. The summed E-state index contributed by atoms with van der Waals surface area (Å²) in [5.74, 6) is -2.10. The molecule has 0 bridgehead atoms. The quantitative estimate of drug-likeness (QED) is 0.338. The average Bonchev–Trinajstić information content (AvgIpc) is 3.50. The van der Waals surface area contributed by atoms with Crippen LogP contribution in [-0.2, 0) is 28.2 Å². The molecule has 0 saturated carbocycles. The van der Waals surface area contributed by atoms with Crippen molar-refractivity contribution in [3.05, 3.63) is 51.5 Å². The van der Waals surface area contributed by atoms with E-state index in [9.17, 15) is 35.5 Å². The van der Waals surface area contributed by atoms with Crippen LogP contribution in [0.3, 0.4) is 0 Å². The lowest BCUT2D eigenvalue weighted by Crippen LogP contribution is -2.47. The molecule has 0 spiro atoms. The van der Waals surface area contributed by atoms with E-state index in [1.54, 1.807) is 11.8 Å². The molecule has 3 atom stereocenters. The molecule has 252 valence electrons. The number of hydrogen-bond acceptors (Lipinski definition) is 9. The number of aliphatic hydroxyl groups is 1. The highest BCUT2D eigenvalue weighted by atomic mass is 32.2. The summed E-state index contributed by atoms with van der Waals surface area (Å²) in [7, 11) is -4.47. The molecule has 3 saturated heterocycles. The number of nitrogens with zero attached hydrogens (tertiary/aromatic N) is 4. The first-order chi connectivity index (χ1) is 21.4. The number of aromatic nitrogens is 2. The van der Waals surface area contributed by atoms with Crippen LogP contribution in [0.4, 0.5) is 37.8 Å². The Morgan fingerprint density at radius 1 is 1.20 bits per heavy atom. The number of β-amino-alcohol motifs (C(OH)–C–C–N with tert-alkyl or cyclic N) is 1. The van der Waals surface area contributed by atoms with Crippen molar-refractivity contribution < 1.29 is 44.6 Å². The molecule has 1 aromatic carbocycles. The number of aryl methyl sites for hydroxylation is 1. The van der Waals surface area contributed by atoms with E-state index < -0.39 is 78.9 Å². The number of hydrogen-bond donors (Lipinski definition) is 2. The molecule has 1 aromatic heterocycles. The number of anilines is 2. The van der Waals surface area contributed by atoms with E-state index in [1.165, 1.54) is 0 Å². The molecule has 6 rings (SSSR count). The predicted octanol–water partition coefficient (Wildman–Crippen LogP) is 4.86. The number of halogens is 6. The van der Waals surface area contributed by atoms with E-state index in [1.807, 2.05) is 4.90 Å². The van der Waals surface area contributed by atoms with Crippen LogP contribution in [0.15, 0.2) is 17.7 Å². The summed E-state index contributed by atoms with van der Waals surface area (Å²) < 4.78 is 119. The molecule has 5 heterocycles. The number of alkyl halides is 3. The van der Waals surface area contributed by atoms with Gasteiger partial charge < -0.3 is 20.5 Å². The second-order valence-corrected chi connectivity index (χ2v) is 15.4. The van der Waals surface area contributed by atoms with Crippen molar-refractivity contribution in [3.63, 3.8) is 0 Å². The van der Waals surface area contributed by atoms with Gasteiger partial charge in [0.05, 0.1) is 39.1 Å². The molecule has 4 aliphatic heterocycles. The second-order valence-electron chi connectivity index (χ2n) is 13.2. The molecule has 9 nitrogen and oxygen atoms in total. The van der Waals surface area contributed by atoms with Crippen molar-refractivity contribution in [1.29, 1.82) is 0 Å². The molecule has 3 fully saturated rings. The molecule has 0 unspecified atom stereocenters. The van der Waals surface area contributed by atoms with Crippen molar-refractivity contribution in [3.8, 4) is 6.01 Å². The van der Waals surface area contributed by atoms with E-state index in [0.717, 1.165) is 19.4 Å². The largest absolute Gasteiger partial charge is 0.461 e. The van der Waals surface area contributed by atoms with E-state index >= 15 is 4.39 Å². The number of nitrogens with two attached hydrogens (primary N) is 1. The van der Waals surface area contributed by atoms with Crippen molar-refractivity contribution >= 4 is 21.3 Å². The lowest BCUT2D eigenvalue weighted by molar-refractivity contribution is -0.138. The summed E-state index contributed by atoms with van der Waals surface area (Å²) in [6.07, 6.45) is -4.94. The van der Waals surface area contributed by atoms with Gasteiger partial charge in [0.15, 0.2) is 15.7 Å². The zero-order valence-corrected chi connectivity index (χ0v) is 26.2. The van der Waals surface area contributed by atoms with Gasteiger partial charge in [-0.15, -0.1) is 0 Å². The average molecular weight is 676 g/mol. The Balaban J connectivity index is 1.44. The van der Waals surface area contributed by atoms with Gasteiger partial charge in [0.1, 0.15) is 12.4 Å². The van der Waals surface area contributed by atoms with Gasteiger partial charge in [0.2, 0.25) is 0 Å². The van der Waals surface area contributed by atoms with E-state index in [2.05, 4.69) is 9.97 Å². The zero-order chi connectivity index (χ0) is 33.4. The lowest BCUT2D eigenvalue weighted by atomic mass is 9.93. The summed E-state index contributed by atoms with van der Waals surface area (Å²) in [5, 5.41) is 8.85. The molecular weight excluding hydrogens is 640 g/mol. The van der Waals surface area contributed by atoms with Gasteiger partial charge in [0, 0.05) is 42.8 Å². The first-order valence-electron chi connectivity index (χ1n) is 15.1. The number of rotatable bonds is 5. The van der Waals surface area contributed by atoms with Gasteiger partial charge >= 0.3 is 12.2 Å². The smallest absolute Gasteiger partial charge is 0.417 e. The maximum atomic E-state index is 15.5. The number of benzene rings is 1. The summed E-state index contributed by atoms with van der Waals surface area (Å²) >= 11 is 0. The van der Waals surface area contributed by atoms with Crippen LogP contribution in [0, 0.1) is 12.7 Å². The summed E-state index contributed by atoms with van der Waals surface area (Å²) in [4.78, 5) is 12.6. The molecule has 0 aliphatic carbocycles. The molecule has 4 aliphatic rings. The molecule has 2 aromatic rings. The maximum absolute atomic E-state index is 15.5. The van der Waals surface area contributed by atoms with Gasteiger partial charge in [-0.1, -0.05) is 0 Å². The lowest BCUT2D eigenvalue weighted by Gasteiger charge is -2.39. The third kappa shape index (κ3) is 5.80. The van der Waals surface area contributed by atoms with Crippen molar-refractivity contribution in [2.45, 2.75) is 80.7 Å². The molecule has 3 N–H and O–H groups in total. The van der Waals surface area contributed by atoms with Crippen LogP contribution in [-0.4, -0.2) is 72.3 Å². The van der Waals surface area contributed by atoms with Crippen molar-refractivity contribution in [2.75, 3.05) is 43.4 Å². The Morgan fingerprint density at radius 2 is 1.91 bits per heavy atom. The second kappa shape index (κ2) is 11.3. The molecule has 0 radical (unpaired) electrons. The Hall–Kier alpha value is -3.11. The third-order valence-electron chi connectivity index (χ3n) is 9.72. The predicted molar refractivity (Wildman–Crippen MR) is 157 cm³/mol. The number of ether oxygens (including phenoxy) is 1. The zero-order valence-electron chi connectivity index (χ0n) is 25.4. The molecule has 16 heteroatoms. The van der Waals surface area contributed by atoms with Crippen LogP contribution >= 0.6 is 0 Å². The monoisotopic (exact) mass is 675 g/mol. The standard InChI is InChI=1S/C30H35F6N5O4S/c1-16-9-19(37)24(31)22(23(16)30(34,35)36)21-10-20-18(13-46(21,43)44)26(40-7-3-5-28(2,42)14-40)39-27(38-20)45-15-29-6-4-8-41(29)12-17(11-29)25(32)33/h9,21,42H,3-8,10-15,37H2,1-2H3/t21-,28+,29-/m0/s1. The Bertz CT molecular complexity index is 1710. The first kappa shape index (κ1) is 32.8. The van der Waals surface area contributed by atoms with Crippen LogP contribution in [0.25, 0.3) is 0 Å². The highest BCUT2D eigenvalue weighted by molar-refractivity contribution is 7.91. The summed E-state index contributed by atoms with van der Waals surface area (Å²) in [6.45, 7) is 3.85. The summed E-state index contributed by atoms with van der Waals surface area (Å²) in [6, 6.07) is 0.612. The van der Waals surface area contributed by atoms with Crippen LogP contribution in [0.1, 0.15) is 72.2 Å². The Morgan fingerprint density at radius 3 is 2.59 bits per heavy atom. The number of nitrogen functional groups attached to an aromatic ring is 1. The van der Waals surface area contributed by atoms with Gasteiger partial charge in [-0.25, -0.2) is 12.8 Å². The number of piperidine rings is 1. The molecule has 0 amide bonds. The minimum absolute atomic E-state index is 0.0267. The van der Waals surface area contributed by atoms with E-state index in [4.69, 9.17) is 10.5 Å². The van der Waals surface area contributed by atoms with Crippen LogP contribution < -0.4 is 15.4 Å². The fourth-order valence-electron chi connectivity index (χ4n) is 7.61. The van der Waals surface area contributed by atoms with Gasteiger partial charge in [-0.05, 0) is 64.1 Å². The number of fused-ring (bicyclic) bond motifs is 2. The SMILES string of the molecule is Cc1cc(N)c(F)c([C@@H]2Cc3nc(OC[C@@]45CCCN4CC(=C(F)F)C5)nc(N4CCC[C@@](C)(O)C4)c3CS2(=O)=O)c1C(F)(F)F.